The molecular weight excluding hydrogens is 460 g/mol. The molecule has 0 amide bonds. The largest absolute Gasteiger partial charge is 0.364 e. The van der Waals surface area contributed by atoms with Crippen LogP contribution in [-0.2, 0) is 6.54 Å². The Morgan fingerprint density at radius 3 is 2.70 bits per heavy atom. The standard InChI is InChI=1S/C29H28N8/c1-4-6-19(3)34-22-15-21(16-31-17-22)25-7-8-26-28(35-25)27(37-36-26)18-33-29-23(5-2)24(11-14-32-29)20-9-12-30-13-10-20/h5,7-17,34H,2-4,6,18H2,1H3,(H,32,33)(H,36,37). The molecule has 0 aliphatic carbocycles. The number of anilines is 2. The zero-order chi connectivity index (χ0) is 25.6. The van der Waals surface area contributed by atoms with Crippen LogP contribution in [0, 0.1) is 0 Å². The number of rotatable bonds is 10. The van der Waals surface area contributed by atoms with Crippen molar-refractivity contribution in [2.45, 2.75) is 26.3 Å². The van der Waals surface area contributed by atoms with Crippen molar-refractivity contribution in [1.82, 2.24) is 30.1 Å². The van der Waals surface area contributed by atoms with Crippen LogP contribution in [0.4, 0.5) is 11.5 Å². The number of pyridine rings is 4. The summed E-state index contributed by atoms with van der Waals surface area (Å²) >= 11 is 0. The third-order valence-electron chi connectivity index (χ3n) is 6.00. The van der Waals surface area contributed by atoms with Gasteiger partial charge in [0.1, 0.15) is 16.9 Å². The molecule has 8 nitrogen and oxygen atoms in total. The van der Waals surface area contributed by atoms with Crippen LogP contribution < -0.4 is 10.6 Å². The first-order chi connectivity index (χ1) is 18.2. The molecule has 37 heavy (non-hydrogen) atoms. The summed E-state index contributed by atoms with van der Waals surface area (Å²) in [6.45, 7) is 10.7. The van der Waals surface area contributed by atoms with Crippen molar-refractivity contribution < 1.29 is 0 Å². The van der Waals surface area contributed by atoms with Crippen LogP contribution in [0.1, 0.15) is 31.0 Å². The van der Waals surface area contributed by atoms with Gasteiger partial charge >= 0.3 is 0 Å². The number of aromatic amines is 1. The van der Waals surface area contributed by atoms with Gasteiger partial charge in [0.15, 0.2) is 0 Å². The Morgan fingerprint density at radius 1 is 1.03 bits per heavy atom. The molecule has 184 valence electrons. The summed E-state index contributed by atoms with van der Waals surface area (Å²) in [5.41, 5.74) is 9.05. The topological polar surface area (TPSA) is 104 Å². The van der Waals surface area contributed by atoms with Crippen LogP contribution in [0.25, 0.3) is 39.5 Å². The first kappa shape index (κ1) is 23.9. The van der Waals surface area contributed by atoms with Gasteiger partial charge in [-0.25, -0.2) is 9.97 Å². The lowest BCUT2D eigenvalue weighted by molar-refractivity contribution is 0.913. The van der Waals surface area contributed by atoms with Crippen molar-refractivity contribution in [3.63, 3.8) is 0 Å². The van der Waals surface area contributed by atoms with E-state index in [1.807, 2.05) is 48.7 Å². The monoisotopic (exact) mass is 488 g/mol. The second kappa shape index (κ2) is 10.8. The molecule has 0 aliphatic rings. The zero-order valence-corrected chi connectivity index (χ0v) is 20.7. The second-order valence-electron chi connectivity index (χ2n) is 8.62. The highest BCUT2D eigenvalue weighted by molar-refractivity contribution is 5.82. The maximum Gasteiger partial charge on any atom is 0.134 e. The predicted molar refractivity (Wildman–Crippen MR) is 150 cm³/mol. The molecule has 0 fully saturated rings. The molecular formula is C29H28N8. The molecule has 0 aromatic carbocycles. The lowest BCUT2D eigenvalue weighted by Crippen LogP contribution is -2.05. The van der Waals surface area contributed by atoms with E-state index in [0.717, 1.165) is 74.7 Å². The fourth-order valence-electron chi connectivity index (χ4n) is 4.22. The van der Waals surface area contributed by atoms with Crippen LogP contribution in [-0.4, -0.2) is 30.1 Å². The van der Waals surface area contributed by atoms with E-state index in [9.17, 15) is 0 Å². The number of hydrogen-bond acceptors (Lipinski definition) is 7. The van der Waals surface area contributed by atoms with Gasteiger partial charge in [0, 0.05) is 41.6 Å². The van der Waals surface area contributed by atoms with Gasteiger partial charge in [-0.2, -0.15) is 5.10 Å². The second-order valence-corrected chi connectivity index (χ2v) is 8.62. The van der Waals surface area contributed by atoms with Gasteiger partial charge in [0.2, 0.25) is 0 Å². The van der Waals surface area contributed by atoms with Crippen molar-refractivity contribution in [2.75, 3.05) is 10.6 Å². The van der Waals surface area contributed by atoms with E-state index in [4.69, 9.17) is 4.98 Å². The average Bonchev–Trinajstić information content (AvgIpc) is 3.34. The van der Waals surface area contributed by atoms with Crippen LogP contribution in [0.15, 0.2) is 86.2 Å². The van der Waals surface area contributed by atoms with Gasteiger partial charge in [-0.1, -0.05) is 32.6 Å². The number of H-pyrrole nitrogens is 1. The minimum absolute atomic E-state index is 0.470. The van der Waals surface area contributed by atoms with Crippen molar-refractivity contribution in [1.29, 1.82) is 0 Å². The molecule has 5 heterocycles. The molecule has 0 radical (unpaired) electrons. The van der Waals surface area contributed by atoms with Crippen LogP contribution >= 0.6 is 0 Å². The average molecular weight is 489 g/mol. The number of nitrogens with zero attached hydrogens (tertiary/aromatic N) is 5. The van der Waals surface area contributed by atoms with Gasteiger partial charge in [-0.15, -0.1) is 0 Å². The van der Waals surface area contributed by atoms with Crippen LogP contribution in [0.5, 0.6) is 0 Å². The van der Waals surface area contributed by atoms with Gasteiger partial charge in [0.25, 0.3) is 0 Å². The normalized spacial score (nSPS) is 10.8. The van der Waals surface area contributed by atoms with Crippen molar-refractivity contribution in [3.8, 4) is 22.4 Å². The fraction of sp³-hybridized carbons (Fsp3) is 0.138. The zero-order valence-electron chi connectivity index (χ0n) is 20.7. The van der Waals surface area contributed by atoms with E-state index in [1.54, 1.807) is 24.8 Å². The highest BCUT2D eigenvalue weighted by atomic mass is 15.1. The van der Waals surface area contributed by atoms with Crippen molar-refractivity contribution in [3.05, 3.63) is 97.5 Å². The van der Waals surface area contributed by atoms with Crippen molar-refractivity contribution >= 4 is 28.6 Å². The summed E-state index contributed by atoms with van der Waals surface area (Å²) < 4.78 is 0. The van der Waals surface area contributed by atoms with Gasteiger partial charge < -0.3 is 10.6 Å². The maximum absolute atomic E-state index is 4.91. The summed E-state index contributed by atoms with van der Waals surface area (Å²) in [6, 6.07) is 11.9. The lowest BCUT2D eigenvalue weighted by Gasteiger charge is -2.12. The lowest BCUT2D eigenvalue weighted by atomic mass is 10.0. The smallest absolute Gasteiger partial charge is 0.134 e. The Hall–Kier alpha value is -4.85. The number of nitrogens with one attached hydrogen (secondary N) is 3. The minimum atomic E-state index is 0.470. The molecule has 0 unspecified atom stereocenters. The number of aromatic nitrogens is 6. The van der Waals surface area contributed by atoms with Crippen LogP contribution in [0.2, 0.25) is 0 Å². The molecule has 0 aliphatic heterocycles. The molecule has 0 atom stereocenters. The Bertz CT molecular complexity index is 1560. The fourth-order valence-corrected chi connectivity index (χ4v) is 4.22. The van der Waals surface area contributed by atoms with E-state index in [-0.39, 0.29) is 0 Å². The third kappa shape index (κ3) is 5.23. The summed E-state index contributed by atoms with van der Waals surface area (Å²) in [5, 5.41) is 14.3. The molecule has 0 bridgehead atoms. The van der Waals surface area contributed by atoms with Crippen LogP contribution in [0.3, 0.4) is 0 Å². The van der Waals surface area contributed by atoms with Gasteiger partial charge in [-0.05, 0) is 53.9 Å². The van der Waals surface area contributed by atoms with E-state index in [2.05, 4.69) is 55.9 Å². The highest BCUT2D eigenvalue weighted by Crippen LogP contribution is 2.29. The summed E-state index contributed by atoms with van der Waals surface area (Å²) in [5.74, 6) is 0.735. The first-order valence-electron chi connectivity index (χ1n) is 12.2. The van der Waals surface area contributed by atoms with E-state index < -0.39 is 0 Å². The summed E-state index contributed by atoms with van der Waals surface area (Å²) in [4.78, 5) is 18.0. The van der Waals surface area contributed by atoms with Crippen molar-refractivity contribution in [2.24, 2.45) is 0 Å². The van der Waals surface area contributed by atoms with E-state index >= 15 is 0 Å². The Kier molecular flexibility index (Phi) is 6.98. The minimum Gasteiger partial charge on any atom is -0.364 e. The molecule has 0 spiro atoms. The predicted octanol–water partition coefficient (Wildman–Crippen LogP) is 6.46. The van der Waals surface area contributed by atoms with E-state index in [1.165, 1.54) is 0 Å². The molecule has 5 aromatic heterocycles. The van der Waals surface area contributed by atoms with Gasteiger partial charge in [0.05, 0.1) is 29.8 Å². The highest BCUT2D eigenvalue weighted by Gasteiger charge is 2.13. The quantitative estimate of drug-likeness (QED) is 0.207. The Morgan fingerprint density at radius 2 is 1.89 bits per heavy atom. The molecule has 5 rings (SSSR count). The SMILES string of the molecule is C=Cc1c(-c2ccncc2)ccnc1NCc1[nH]nc2ccc(-c3cncc(NC(=C)CCC)c3)nc12. The molecule has 3 N–H and O–H groups in total. The summed E-state index contributed by atoms with van der Waals surface area (Å²) in [6.07, 6.45) is 12.7. The van der Waals surface area contributed by atoms with E-state index in [0.29, 0.717) is 6.54 Å². The number of hydrogen-bond donors (Lipinski definition) is 3. The molecule has 5 aromatic rings. The molecule has 8 heteroatoms. The summed E-state index contributed by atoms with van der Waals surface area (Å²) in [7, 11) is 0. The molecule has 0 saturated heterocycles. The Balaban J connectivity index is 1.40. The molecule has 0 saturated carbocycles. The number of allylic oxidation sites excluding steroid dienone is 1. The number of fused-ring (bicyclic) bond motifs is 1. The van der Waals surface area contributed by atoms with Gasteiger partial charge in [-0.3, -0.25) is 15.1 Å². The third-order valence-corrected chi connectivity index (χ3v) is 6.00. The first-order valence-corrected chi connectivity index (χ1v) is 12.2. The Labute approximate surface area is 215 Å². The maximum atomic E-state index is 4.91.